The first-order chi connectivity index (χ1) is 8.86. The van der Waals surface area contributed by atoms with E-state index in [4.69, 9.17) is 33.0 Å². The van der Waals surface area contributed by atoms with E-state index >= 15 is 0 Å². The van der Waals surface area contributed by atoms with Crippen molar-refractivity contribution in [2.24, 2.45) is 0 Å². The third-order valence-electron chi connectivity index (χ3n) is 2.23. The van der Waals surface area contributed by atoms with Crippen LogP contribution in [0.5, 0.6) is 5.75 Å². The van der Waals surface area contributed by atoms with Crippen LogP contribution in [-0.2, 0) is 9.59 Å². The zero-order valence-corrected chi connectivity index (χ0v) is 11.7. The second-order valence-electron chi connectivity index (χ2n) is 3.57. The number of aryl methyl sites for hydroxylation is 1. The summed E-state index contributed by atoms with van der Waals surface area (Å²) in [5.74, 6) is -1.59. The molecule has 0 saturated carbocycles. The molecule has 0 saturated heterocycles. The highest BCUT2D eigenvalue weighted by atomic mass is 35.5. The van der Waals surface area contributed by atoms with Crippen LogP contribution in [0.4, 0.5) is 5.69 Å². The van der Waals surface area contributed by atoms with Crippen LogP contribution in [0.25, 0.3) is 0 Å². The highest BCUT2D eigenvalue weighted by Crippen LogP contribution is 2.23. The van der Waals surface area contributed by atoms with Gasteiger partial charge in [-0.05, 0) is 30.7 Å². The van der Waals surface area contributed by atoms with Gasteiger partial charge >= 0.3 is 5.97 Å². The van der Waals surface area contributed by atoms with E-state index in [1.54, 1.807) is 25.1 Å². The Morgan fingerprint density at radius 1 is 1.26 bits per heavy atom. The van der Waals surface area contributed by atoms with Gasteiger partial charge in [0.15, 0.2) is 0 Å². The Balaban J connectivity index is 2.92. The van der Waals surface area contributed by atoms with Crippen LogP contribution in [0.2, 0.25) is 0 Å². The number of carboxylic acids is 1. The predicted octanol–water partition coefficient (Wildman–Crippen LogP) is 2.72. The van der Waals surface area contributed by atoms with Crippen LogP contribution in [-0.4, -0.2) is 24.1 Å². The van der Waals surface area contributed by atoms with Gasteiger partial charge in [0.05, 0.1) is 7.11 Å². The topological polar surface area (TPSA) is 75.6 Å². The number of amides is 1. The summed E-state index contributed by atoms with van der Waals surface area (Å²) in [6, 6.07) is 4.93. The molecule has 0 aliphatic heterocycles. The molecule has 0 fully saturated rings. The lowest BCUT2D eigenvalue weighted by Gasteiger charge is -2.08. The minimum atomic E-state index is -1.47. The van der Waals surface area contributed by atoms with Gasteiger partial charge in [-0.25, -0.2) is 4.79 Å². The number of carboxylic acid groups (broad SMARTS) is 1. The van der Waals surface area contributed by atoms with Gasteiger partial charge < -0.3 is 15.2 Å². The van der Waals surface area contributed by atoms with Crippen molar-refractivity contribution >= 4 is 40.8 Å². The van der Waals surface area contributed by atoms with Crippen molar-refractivity contribution in [1.29, 1.82) is 0 Å². The molecule has 0 radical (unpaired) electrons. The highest BCUT2D eigenvalue weighted by molar-refractivity contribution is 6.54. The number of halogens is 2. The maximum absolute atomic E-state index is 11.6. The summed E-state index contributed by atoms with van der Waals surface area (Å²) in [5.41, 5.74) is 1.26. The Labute approximate surface area is 119 Å². The number of anilines is 1. The quantitative estimate of drug-likeness (QED) is 0.839. The molecule has 19 heavy (non-hydrogen) atoms. The van der Waals surface area contributed by atoms with Gasteiger partial charge in [0, 0.05) is 5.69 Å². The molecule has 1 amide bonds. The number of aliphatic carboxylic acids is 1. The van der Waals surface area contributed by atoms with Gasteiger partial charge in [-0.2, -0.15) is 0 Å². The van der Waals surface area contributed by atoms with Crippen molar-refractivity contribution in [2.45, 2.75) is 6.92 Å². The van der Waals surface area contributed by atoms with Crippen LogP contribution < -0.4 is 10.1 Å². The summed E-state index contributed by atoms with van der Waals surface area (Å²) in [5, 5.41) is 9.73. The van der Waals surface area contributed by atoms with Gasteiger partial charge in [-0.1, -0.05) is 23.2 Å². The van der Waals surface area contributed by atoms with E-state index in [1.807, 2.05) is 0 Å². The fourth-order valence-corrected chi connectivity index (χ4v) is 1.55. The minimum absolute atomic E-state index is 0.455. The standard InChI is InChI=1S/C12H11Cl2NO4/c1-6-5-7(3-4-8(6)19-2)15-11(16)9(13)10(14)12(17)18/h3-5H,1-2H3,(H,15,16)(H,17,18)/b10-9-. The number of ether oxygens (including phenoxy) is 1. The van der Waals surface area contributed by atoms with E-state index in [-0.39, 0.29) is 0 Å². The molecule has 7 heteroatoms. The molecule has 0 aliphatic carbocycles. The Kier molecular flexibility index (Phi) is 5.20. The van der Waals surface area contributed by atoms with E-state index in [0.717, 1.165) is 5.56 Å². The normalized spacial score (nSPS) is 11.6. The van der Waals surface area contributed by atoms with E-state index in [9.17, 15) is 9.59 Å². The average Bonchev–Trinajstić information content (AvgIpc) is 2.37. The predicted molar refractivity (Wildman–Crippen MR) is 72.7 cm³/mol. The number of rotatable bonds is 4. The zero-order valence-electron chi connectivity index (χ0n) is 10.2. The molecule has 1 aromatic rings. The van der Waals surface area contributed by atoms with Crippen molar-refractivity contribution in [3.05, 3.63) is 33.8 Å². The third-order valence-corrected chi connectivity index (χ3v) is 3.04. The smallest absolute Gasteiger partial charge is 0.349 e. The van der Waals surface area contributed by atoms with Crippen molar-refractivity contribution in [1.82, 2.24) is 0 Å². The highest BCUT2D eigenvalue weighted by Gasteiger charge is 2.17. The lowest BCUT2D eigenvalue weighted by molar-refractivity contribution is -0.132. The molecular weight excluding hydrogens is 293 g/mol. The van der Waals surface area contributed by atoms with Crippen LogP contribution in [0, 0.1) is 6.92 Å². The summed E-state index contributed by atoms with van der Waals surface area (Å²) in [6.45, 7) is 1.80. The molecule has 0 aromatic heterocycles. The lowest BCUT2D eigenvalue weighted by Crippen LogP contribution is -2.14. The summed E-state index contributed by atoms with van der Waals surface area (Å²) >= 11 is 10.9. The SMILES string of the molecule is COc1ccc(NC(=O)/C(Cl)=C(/Cl)C(=O)O)cc1C. The van der Waals surface area contributed by atoms with Gasteiger partial charge in [-0.3, -0.25) is 4.79 Å². The van der Waals surface area contributed by atoms with Crippen LogP contribution >= 0.6 is 23.2 Å². The summed E-state index contributed by atoms with van der Waals surface area (Å²) < 4.78 is 5.08. The van der Waals surface area contributed by atoms with Crippen molar-refractivity contribution in [3.63, 3.8) is 0 Å². The maximum Gasteiger partial charge on any atom is 0.349 e. The Hall–Kier alpha value is -1.72. The molecular formula is C12H11Cl2NO4. The van der Waals surface area contributed by atoms with Gasteiger partial charge in [0.2, 0.25) is 0 Å². The fourth-order valence-electron chi connectivity index (χ4n) is 1.34. The van der Waals surface area contributed by atoms with Crippen LogP contribution in [0.1, 0.15) is 5.56 Å². The molecule has 1 rings (SSSR count). The molecule has 0 unspecified atom stereocenters. The average molecular weight is 304 g/mol. The second-order valence-corrected chi connectivity index (χ2v) is 4.33. The van der Waals surface area contributed by atoms with Crippen molar-refractivity contribution in [3.8, 4) is 5.75 Å². The molecule has 1 aromatic carbocycles. The molecule has 0 heterocycles. The number of hydrogen-bond acceptors (Lipinski definition) is 3. The maximum atomic E-state index is 11.6. The zero-order chi connectivity index (χ0) is 14.6. The molecule has 102 valence electrons. The largest absolute Gasteiger partial charge is 0.496 e. The molecule has 0 bridgehead atoms. The number of benzene rings is 1. The summed E-state index contributed by atoms with van der Waals surface area (Å²) in [4.78, 5) is 22.2. The Bertz CT molecular complexity index is 555. The number of carbonyl (C=O) groups excluding carboxylic acids is 1. The lowest BCUT2D eigenvalue weighted by atomic mass is 10.2. The molecule has 0 atom stereocenters. The number of methoxy groups -OCH3 is 1. The Morgan fingerprint density at radius 3 is 2.37 bits per heavy atom. The van der Waals surface area contributed by atoms with E-state index in [2.05, 4.69) is 5.32 Å². The molecule has 0 aliphatic rings. The second kappa shape index (κ2) is 6.45. The Morgan fingerprint density at radius 2 is 1.89 bits per heavy atom. The van der Waals surface area contributed by atoms with Gasteiger partial charge in [-0.15, -0.1) is 0 Å². The van der Waals surface area contributed by atoms with Gasteiger partial charge in [0.25, 0.3) is 5.91 Å². The van der Waals surface area contributed by atoms with E-state index in [1.165, 1.54) is 7.11 Å². The first-order valence-corrected chi connectivity index (χ1v) is 5.87. The monoisotopic (exact) mass is 303 g/mol. The molecule has 2 N–H and O–H groups in total. The van der Waals surface area contributed by atoms with Crippen LogP contribution in [0.15, 0.2) is 28.3 Å². The fraction of sp³-hybridized carbons (Fsp3) is 0.167. The van der Waals surface area contributed by atoms with E-state index in [0.29, 0.717) is 11.4 Å². The van der Waals surface area contributed by atoms with E-state index < -0.39 is 21.9 Å². The number of hydrogen-bond donors (Lipinski definition) is 2. The molecule has 5 nitrogen and oxygen atoms in total. The van der Waals surface area contributed by atoms with Gasteiger partial charge in [0.1, 0.15) is 15.8 Å². The summed E-state index contributed by atoms with van der Waals surface area (Å²) in [6.07, 6.45) is 0. The van der Waals surface area contributed by atoms with Crippen LogP contribution in [0.3, 0.4) is 0 Å². The van der Waals surface area contributed by atoms with Crippen molar-refractivity contribution < 1.29 is 19.4 Å². The third kappa shape index (κ3) is 3.87. The first-order valence-electron chi connectivity index (χ1n) is 5.11. The molecule has 0 spiro atoms. The minimum Gasteiger partial charge on any atom is -0.496 e. The summed E-state index contributed by atoms with van der Waals surface area (Å²) in [7, 11) is 1.53. The number of carbonyl (C=O) groups is 2. The number of nitrogens with one attached hydrogen (secondary N) is 1. The first kappa shape index (κ1) is 15.3. The van der Waals surface area contributed by atoms with Crippen molar-refractivity contribution in [2.75, 3.05) is 12.4 Å².